The first-order chi connectivity index (χ1) is 12.5. The highest BCUT2D eigenvalue weighted by atomic mass is 32.2. The Bertz CT molecular complexity index is 925. The molecule has 0 saturated heterocycles. The third-order valence-corrected chi connectivity index (χ3v) is 4.50. The number of rotatable bonds is 6. The van der Waals surface area contributed by atoms with Crippen molar-refractivity contribution in [3.05, 3.63) is 54.2 Å². The zero-order valence-electron chi connectivity index (χ0n) is 13.8. The van der Waals surface area contributed by atoms with Gasteiger partial charge in [-0.1, -0.05) is 17.8 Å². The van der Waals surface area contributed by atoms with Crippen molar-refractivity contribution in [2.45, 2.75) is 5.16 Å². The highest BCUT2D eigenvalue weighted by Gasteiger charge is 2.13. The number of anilines is 1. The first kappa shape index (κ1) is 17.6. The molecule has 0 spiro atoms. The summed E-state index contributed by atoms with van der Waals surface area (Å²) in [6, 6.07) is 11.5. The number of amides is 1. The molecule has 9 heteroatoms. The Morgan fingerprint density at radius 1 is 1.15 bits per heavy atom. The molecular weight excluding hydrogens is 354 g/mol. The van der Waals surface area contributed by atoms with Crippen molar-refractivity contribution in [3.63, 3.8) is 0 Å². The highest BCUT2D eigenvalue weighted by molar-refractivity contribution is 7.99. The first-order valence-corrected chi connectivity index (χ1v) is 8.60. The Labute approximate surface area is 153 Å². The number of aromatic nitrogens is 4. The Balaban J connectivity index is 1.60. The van der Waals surface area contributed by atoms with Gasteiger partial charge in [0.25, 0.3) is 0 Å². The smallest absolute Gasteiger partial charge is 0.335 e. The number of benzene rings is 1. The molecule has 0 saturated carbocycles. The maximum Gasteiger partial charge on any atom is 0.335 e. The fourth-order valence-corrected chi connectivity index (χ4v) is 2.89. The number of hydrogen-bond acceptors (Lipinski definition) is 6. The van der Waals surface area contributed by atoms with E-state index in [9.17, 15) is 9.59 Å². The van der Waals surface area contributed by atoms with Crippen LogP contribution in [0.5, 0.6) is 0 Å². The number of hydrogen-bond donors (Lipinski definition) is 2. The Hall–Kier alpha value is -3.20. The number of carbonyl (C=O) groups is 2. The molecule has 0 radical (unpaired) electrons. The number of thioether (sulfide) groups is 1. The van der Waals surface area contributed by atoms with Crippen molar-refractivity contribution in [3.8, 4) is 11.5 Å². The van der Waals surface area contributed by atoms with Gasteiger partial charge in [-0.3, -0.25) is 9.78 Å². The van der Waals surface area contributed by atoms with Crippen molar-refractivity contribution in [1.82, 2.24) is 19.7 Å². The molecule has 2 N–H and O–H groups in total. The quantitative estimate of drug-likeness (QED) is 0.642. The SMILES string of the molecule is Cn1c(SCC(=O)Nc2ccc(C(=O)O)cc2)nnc1-c1ccccn1. The van der Waals surface area contributed by atoms with Crippen molar-refractivity contribution in [2.24, 2.45) is 7.05 Å². The summed E-state index contributed by atoms with van der Waals surface area (Å²) < 4.78 is 1.78. The van der Waals surface area contributed by atoms with E-state index in [0.29, 0.717) is 22.4 Å². The van der Waals surface area contributed by atoms with Crippen LogP contribution in [0.3, 0.4) is 0 Å². The second-order valence-electron chi connectivity index (χ2n) is 5.30. The molecule has 0 aliphatic rings. The molecule has 0 unspecified atom stereocenters. The Kier molecular flexibility index (Phi) is 5.28. The zero-order chi connectivity index (χ0) is 18.5. The van der Waals surface area contributed by atoms with E-state index in [4.69, 9.17) is 5.11 Å². The van der Waals surface area contributed by atoms with Crippen LogP contribution in [-0.4, -0.2) is 42.5 Å². The van der Waals surface area contributed by atoms with E-state index in [-0.39, 0.29) is 17.2 Å². The summed E-state index contributed by atoms with van der Waals surface area (Å²) in [6.45, 7) is 0. The molecule has 0 atom stereocenters. The molecule has 1 amide bonds. The third kappa shape index (κ3) is 4.06. The average molecular weight is 369 g/mol. The van der Waals surface area contributed by atoms with Crippen LogP contribution in [0, 0.1) is 0 Å². The van der Waals surface area contributed by atoms with Gasteiger partial charge in [0.2, 0.25) is 5.91 Å². The summed E-state index contributed by atoms with van der Waals surface area (Å²) in [7, 11) is 1.81. The van der Waals surface area contributed by atoms with Crippen LogP contribution in [0.1, 0.15) is 10.4 Å². The maximum absolute atomic E-state index is 12.1. The van der Waals surface area contributed by atoms with E-state index in [1.54, 1.807) is 22.9 Å². The van der Waals surface area contributed by atoms with Crippen molar-refractivity contribution in [1.29, 1.82) is 0 Å². The topological polar surface area (TPSA) is 110 Å². The Morgan fingerprint density at radius 2 is 1.92 bits per heavy atom. The van der Waals surface area contributed by atoms with Crippen LogP contribution in [-0.2, 0) is 11.8 Å². The second-order valence-corrected chi connectivity index (χ2v) is 6.24. The number of aromatic carboxylic acids is 1. The minimum atomic E-state index is -1.01. The lowest BCUT2D eigenvalue weighted by Crippen LogP contribution is -2.14. The van der Waals surface area contributed by atoms with Crippen molar-refractivity contribution < 1.29 is 14.7 Å². The lowest BCUT2D eigenvalue weighted by molar-refractivity contribution is -0.113. The standard InChI is InChI=1S/C17H15N5O3S/c1-22-15(13-4-2-3-9-18-13)20-21-17(22)26-10-14(23)19-12-7-5-11(6-8-12)16(24)25/h2-9H,10H2,1H3,(H,19,23)(H,24,25). The van der Waals surface area contributed by atoms with Gasteiger partial charge in [-0.15, -0.1) is 10.2 Å². The summed E-state index contributed by atoms with van der Waals surface area (Å²) in [6.07, 6.45) is 1.68. The lowest BCUT2D eigenvalue weighted by atomic mass is 10.2. The van der Waals surface area contributed by atoms with Gasteiger partial charge in [-0.2, -0.15) is 0 Å². The van der Waals surface area contributed by atoms with Crippen LogP contribution >= 0.6 is 11.8 Å². The minimum Gasteiger partial charge on any atom is -0.478 e. The van der Waals surface area contributed by atoms with Crippen LogP contribution in [0.15, 0.2) is 53.8 Å². The average Bonchev–Trinajstić information content (AvgIpc) is 3.02. The van der Waals surface area contributed by atoms with E-state index < -0.39 is 5.97 Å². The van der Waals surface area contributed by atoms with Crippen molar-refractivity contribution >= 4 is 29.3 Å². The Morgan fingerprint density at radius 3 is 2.58 bits per heavy atom. The lowest BCUT2D eigenvalue weighted by Gasteiger charge is -2.06. The fourth-order valence-electron chi connectivity index (χ4n) is 2.18. The molecule has 0 aliphatic heterocycles. The highest BCUT2D eigenvalue weighted by Crippen LogP contribution is 2.21. The summed E-state index contributed by atoms with van der Waals surface area (Å²) in [5.41, 5.74) is 1.41. The zero-order valence-corrected chi connectivity index (χ0v) is 14.6. The summed E-state index contributed by atoms with van der Waals surface area (Å²) in [5, 5.41) is 20.4. The first-order valence-electron chi connectivity index (χ1n) is 7.61. The predicted molar refractivity (Wildman–Crippen MR) is 97.0 cm³/mol. The predicted octanol–water partition coefficient (Wildman–Crippen LogP) is 2.31. The van der Waals surface area contributed by atoms with Crippen LogP contribution < -0.4 is 5.32 Å². The maximum atomic E-state index is 12.1. The molecule has 8 nitrogen and oxygen atoms in total. The number of carboxylic acid groups (broad SMARTS) is 1. The largest absolute Gasteiger partial charge is 0.478 e. The monoisotopic (exact) mass is 369 g/mol. The van der Waals surface area contributed by atoms with E-state index >= 15 is 0 Å². The van der Waals surface area contributed by atoms with Crippen molar-refractivity contribution in [2.75, 3.05) is 11.1 Å². The van der Waals surface area contributed by atoms with Gasteiger partial charge in [0.1, 0.15) is 5.69 Å². The number of nitrogens with one attached hydrogen (secondary N) is 1. The van der Waals surface area contributed by atoms with Crippen LogP contribution in [0.4, 0.5) is 5.69 Å². The van der Waals surface area contributed by atoms with Crippen LogP contribution in [0.25, 0.3) is 11.5 Å². The molecule has 26 heavy (non-hydrogen) atoms. The van der Waals surface area contributed by atoms with Gasteiger partial charge < -0.3 is 15.0 Å². The van der Waals surface area contributed by atoms with E-state index in [1.165, 1.54) is 23.9 Å². The van der Waals surface area contributed by atoms with E-state index in [2.05, 4.69) is 20.5 Å². The normalized spacial score (nSPS) is 10.5. The fraction of sp³-hybridized carbons (Fsp3) is 0.118. The molecule has 3 aromatic rings. The van der Waals surface area contributed by atoms with Gasteiger partial charge in [-0.25, -0.2) is 4.79 Å². The van der Waals surface area contributed by atoms with Gasteiger partial charge in [0.05, 0.1) is 11.3 Å². The summed E-state index contributed by atoms with van der Waals surface area (Å²) in [4.78, 5) is 27.1. The number of pyridine rings is 1. The number of carbonyl (C=O) groups excluding carboxylic acids is 1. The van der Waals surface area contributed by atoms with Gasteiger partial charge >= 0.3 is 5.97 Å². The molecule has 1 aromatic carbocycles. The van der Waals surface area contributed by atoms with Gasteiger partial charge in [-0.05, 0) is 36.4 Å². The number of carboxylic acids is 1. The molecule has 2 aromatic heterocycles. The summed E-state index contributed by atoms with van der Waals surface area (Å²) in [5.74, 6) is -0.461. The molecular formula is C17H15N5O3S. The molecule has 3 rings (SSSR count). The molecule has 0 aliphatic carbocycles. The molecule has 0 fully saturated rings. The van der Waals surface area contributed by atoms with Gasteiger partial charge in [0.15, 0.2) is 11.0 Å². The second kappa shape index (κ2) is 7.79. The number of nitrogens with zero attached hydrogens (tertiary/aromatic N) is 4. The molecule has 2 heterocycles. The minimum absolute atomic E-state index is 0.148. The van der Waals surface area contributed by atoms with E-state index in [0.717, 1.165) is 0 Å². The third-order valence-electron chi connectivity index (χ3n) is 3.48. The molecule has 132 valence electrons. The van der Waals surface area contributed by atoms with Gasteiger partial charge in [0, 0.05) is 18.9 Å². The van der Waals surface area contributed by atoms with Crippen LogP contribution in [0.2, 0.25) is 0 Å². The summed E-state index contributed by atoms with van der Waals surface area (Å²) >= 11 is 1.25. The van der Waals surface area contributed by atoms with E-state index in [1.807, 2.05) is 25.2 Å². The molecule has 0 bridgehead atoms.